The molecule has 0 aromatic carbocycles. The molecule has 0 saturated carbocycles. The summed E-state index contributed by atoms with van der Waals surface area (Å²) in [6.07, 6.45) is 5.04. The number of hydrogen-bond donors (Lipinski definition) is 2. The van der Waals surface area contributed by atoms with E-state index in [4.69, 9.17) is 12.2 Å². The Bertz CT molecular complexity index is 174. The van der Waals surface area contributed by atoms with Gasteiger partial charge in [0, 0.05) is 12.3 Å². The van der Waals surface area contributed by atoms with Gasteiger partial charge >= 0.3 is 0 Å². The van der Waals surface area contributed by atoms with Crippen LogP contribution >= 0.6 is 11.8 Å². The Hall–Kier alpha value is -0.660. The molecule has 0 fully saturated rings. The number of carbonyl (C=O) groups is 1. The van der Waals surface area contributed by atoms with E-state index in [0.29, 0.717) is 12.3 Å². The van der Waals surface area contributed by atoms with Crippen molar-refractivity contribution in [2.75, 3.05) is 18.1 Å². The first-order valence-corrected chi connectivity index (χ1v) is 4.88. The number of rotatable bonds is 5. The lowest BCUT2D eigenvalue weighted by molar-refractivity contribution is -0.121. The van der Waals surface area contributed by atoms with E-state index in [9.17, 15) is 4.79 Å². The van der Waals surface area contributed by atoms with Crippen molar-refractivity contribution in [3.05, 3.63) is 0 Å². The van der Waals surface area contributed by atoms with Crippen molar-refractivity contribution in [1.82, 2.24) is 5.32 Å². The molecule has 0 radical (unpaired) electrons. The monoisotopic (exact) mass is 186 g/mol. The molecule has 0 bridgehead atoms. The van der Waals surface area contributed by atoms with Gasteiger partial charge in [-0.25, -0.2) is 0 Å². The van der Waals surface area contributed by atoms with Crippen LogP contribution in [-0.4, -0.2) is 30.0 Å². The SMILES string of the molecule is C#CCSCCNC(=O)[C@@H](C)N. The fraction of sp³-hybridized carbons (Fsp3) is 0.625. The molecular formula is C8H14N2OS. The van der Waals surface area contributed by atoms with Gasteiger partial charge in [-0.2, -0.15) is 0 Å². The maximum atomic E-state index is 10.9. The Morgan fingerprint density at radius 3 is 3.00 bits per heavy atom. The van der Waals surface area contributed by atoms with Crippen LogP contribution in [0.25, 0.3) is 0 Å². The zero-order valence-corrected chi connectivity index (χ0v) is 7.99. The Morgan fingerprint density at radius 2 is 2.50 bits per heavy atom. The number of thioether (sulfide) groups is 1. The van der Waals surface area contributed by atoms with Crippen molar-refractivity contribution in [2.24, 2.45) is 5.73 Å². The van der Waals surface area contributed by atoms with Gasteiger partial charge < -0.3 is 11.1 Å². The van der Waals surface area contributed by atoms with Gasteiger partial charge in [-0.15, -0.1) is 18.2 Å². The van der Waals surface area contributed by atoms with Crippen molar-refractivity contribution in [3.8, 4) is 12.3 Å². The lowest BCUT2D eigenvalue weighted by Gasteiger charge is -2.05. The normalized spacial score (nSPS) is 11.8. The summed E-state index contributed by atoms with van der Waals surface area (Å²) >= 11 is 1.62. The molecule has 0 aliphatic carbocycles. The summed E-state index contributed by atoms with van der Waals surface area (Å²) in [7, 11) is 0. The van der Waals surface area contributed by atoms with Crippen LogP contribution in [0.4, 0.5) is 0 Å². The highest BCUT2D eigenvalue weighted by molar-refractivity contribution is 7.99. The van der Waals surface area contributed by atoms with E-state index < -0.39 is 6.04 Å². The van der Waals surface area contributed by atoms with E-state index in [1.807, 2.05) is 0 Å². The standard InChI is InChI=1S/C8H14N2OS/c1-3-5-12-6-4-10-8(11)7(2)9/h1,7H,4-6,9H2,2H3,(H,10,11)/t7-/m1/s1. The van der Waals surface area contributed by atoms with Crippen LogP contribution < -0.4 is 11.1 Å². The van der Waals surface area contributed by atoms with Crippen LogP contribution in [0.5, 0.6) is 0 Å². The van der Waals surface area contributed by atoms with Crippen LogP contribution in [0.1, 0.15) is 6.92 Å². The van der Waals surface area contributed by atoms with Gasteiger partial charge in [-0.05, 0) is 6.92 Å². The zero-order valence-electron chi connectivity index (χ0n) is 7.17. The molecular weight excluding hydrogens is 172 g/mol. The van der Waals surface area contributed by atoms with Crippen LogP contribution in [0, 0.1) is 12.3 Å². The summed E-state index contributed by atoms with van der Waals surface area (Å²) in [5.41, 5.74) is 5.33. The molecule has 0 aromatic heterocycles. The molecule has 3 nitrogen and oxygen atoms in total. The average Bonchev–Trinajstić information content (AvgIpc) is 2.03. The van der Waals surface area contributed by atoms with Crippen LogP contribution in [0.2, 0.25) is 0 Å². The van der Waals surface area contributed by atoms with Gasteiger partial charge in [0.25, 0.3) is 0 Å². The fourth-order valence-corrected chi connectivity index (χ4v) is 1.05. The second kappa shape index (κ2) is 7.01. The van der Waals surface area contributed by atoms with Gasteiger partial charge in [0.1, 0.15) is 0 Å². The third-order valence-corrected chi connectivity index (χ3v) is 2.01. The molecule has 0 aromatic rings. The van der Waals surface area contributed by atoms with E-state index in [0.717, 1.165) is 5.75 Å². The molecule has 68 valence electrons. The third kappa shape index (κ3) is 6.08. The topological polar surface area (TPSA) is 55.1 Å². The Morgan fingerprint density at radius 1 is 1.83 bits per heavy atom. The summed E-state index contributed by atoms with van der Waals surface area (Å²) in [5.74, 6) is 3.91. The zero-order chi connectivity index (χ0) is 9.40. The van der Waals surface area contributed by atoms with Gasteiger partial charge in [-0.1, -0.05) is 5.92 Å². The second-order valence-electron chi connectivity index (χ2n) is 2.34. The summed E-state index contributed by atoms with van der Waals surface area (Å²) in [6, 6.07) is -0.428. The minimum atomic E-state index is -0.428. The highest BCUT2D eigenvalue weighted by Gasteiger charge is 2.04. The Balaban J connectivity index is 3.21. The molecule has 0 saturated heterocycles. The lowest BCUT2D eigenvalue weighted by atomic mass is 10.3. The molecule has 0 unspecified atom stereocenters. The van der Waals surface area contributed by atoms with Gasteiger partial charge in [0.2, 0.25) is 5.91 Å². The van der Waals surface area contributed by atoms with E-state index in [1.165, 1.54) is 0 Å². The van der Waals surface area contributed by atoms with E-state index >= 15 is 0 Å². The van der Waals surface area contributed by atoms with Crippen molar-refractivity contribution >= 4 is 17.7 Å². The number of terminal acetylenes is 1. The van der Waals surface area contributed by atoms with Crippen LogP contribution in [0.3, 0.4) is 0 Å². The maximum absolute atomic E-state index is 10.9. The second-order valence-corrected chi connectivity index (χ2v) is 3.44. The molecule has 0 spiro atoms. The van der Waals surface area contributed by atoms with Crippen molar-refractivity contribution in [2.45, 2.75) is 13.0 Å². The smallest absolute Gasteiger partial charge is 0.236 e. The molecule has 3 N–H and O–H groups in total. The first-order chi connectivity index (χ1) is 5.68. The summed E-state index contributed by atoms with van der Waals surface area (Å²) < 4.78 is 0. The summed E-state index contributed by atoms with van der Waals surface area (Å²) in [6.45, 7) is 2.29. The van der Waals surface area contributed by atoms with E-state index in [2.05, 4.69) is 11.2 Å². The van der Waals surface area contributed by atoms with Gasteiger partial charge in [-0.3, -0.25) is 4.79 Å². The van der Waals surface area contributed by atoms with Crippen molar-refractivity contribution in [3.63, 3.8) is 0 Å². The van der Waals surface area contributed by atoms with Gasteiger partial charge in [0.05, 0.1) is 11.8 Å². The lowest BCUT2D eigenvalue weighted by Crippen LogP contribution is -2.39. The van der Waals surface area contributed by atoms with Crippen LogP contribution in [-0.2, 0) is 4.79 Å². The third-order valence-electron chi connectivity index (χ3n) is 1.14. The van der Waals surface area contributed by atoms with Gasteiger partial charge in [0.15, 0.2) is 0 Å². The van der Waals surface area contributed by atoms with Crippen LogP contribution in [0.15, 0.2) is 0 Å². The molecule has 1 amide bonds. The Labute approximate surface area is 77.5 Å². The molecule has 12 heavy (non-hydrogen) atoms. The summed E-state index contributed by atoms with van der Waals surface area (Å²) in [4.78, 5) is 10.9. The molecule has 0 rings (SSSR count). The van der Waals surface area contributed by atoms with E-state index in [1.54, 1.807) is 18.7 Å². The molecule has 1 atom stereocenters. The number of carbonyl (C=O) groups excluding carboxylic acids is 1. The highest BCUT2D eigenvalue weighted by Crippen LogP contribution is 1.95. The fourth-order valence-electron chi connectivity index (χ4n) is 0.538. The predicted molar refractivity (Wildman–Crippen MR) is 52.8 cm³/mol. The largest absolute Gasteiger partial charge is 0.354 e. The summed E-state index contributed by atoms with van der Waals surface area (Å²) in [5, 5.41) is 2.69. The maximum Gasteiger partial charge on any atom is 0.236 e. The molecule has 0 heterocycles. The number of nitrogens with one attached hydrogen (secondary N) is 1. The van der Waals surface area contributed by atoms with Crippen molar-refractivity contribution in [1.29, 1.82) is 0 Å². The van der Waals surface area contributed by atoms with Crippen molar-refractivity contribution < 1.29 is 4.79 Å². The number of amides is 1. The Kier molecular flexibility index (Phi) is 6.63. The molecule has 4 heteroatoms. The highest BCUT2D eigenvalue weighted by atomic mass is 32.2. The molecule has 0 aliphatic rings. The minimum Gasteiger partial charge on any atom is -0.354 e. The first kappa shape index (κ1) is 11.3. The predicted octanol–water partition coefficient (Wildman–Crippen LogP) is -0.184. The average molecular weight is 186 g/mol. The first-order valence-electron chi connectivity index (χ1n) is 3.73. The molecule has 0 aliphatic heterocycles. The number of nitrogens with two attached hydrogens (primary N) is 1. The minimum absolute atomic E-state index is 0.115. The number of hydrogen-bond acceptors (Lipinski definition) is 3. The quantitative estimate of drug-likeness (QED) is 0.462. The van der Waals surface area contributed by atoms with E-state index in [-0.39, 0.29) is 5.91 Å².